The average molecular weight is 214 g/mol. The Labute approximate surface area is 91.5 Å². The molecule has 0 radical (unpaired) electrons. The van der Waals surface area contributed by atoms with Crippen molar-refractivity contribution in [3.8, 4) is 0 Å². The molecule has 1 heterocycles. The SMILES string of the molecule is CC1CC(NCCCCC(N)=O)CCO1. The van der Waals surface area contributed by atoms with E-state index in [1.807, 2.05) is 0 Å². The van der Waals surface area contributed by atoms with Gasteiger partial charge in [0.1, 0.15) is 0 Å². The Morgan fingerprint density at radius 1 is 1.53 bits per heavy atom. The van der Waals surface area contributed by atoms with Gasteiger partial charge in [-0.05, 0) is 39.2 Å². The van der Waals surface area contributed by atoms with Crippen LogP contribution in [0.25, 0.3) is 0 Å². The van der Waals surface area contributed by atoms with Gasteiger partial charge in [0.2, 0.25) is 5.91 Å². The van der Waals surface area contributed by atoms with E-state index >= 15 is 0 Å². The molecular formula is C11H22N2O2. The summed E-state index contributed by atoms with van der Waals surface area (Å²) in [6, 6.07) is 0.585. The van der Waals surface area contributed by atoms with Gasteiger partial charge >= 0.3 is 0 Å². The first-order chi connectivity index (χ1) is 7.18. The van der Waals surface area contributed by atoms with Crippen LogP contribution in [0.4, 0.5) is 0 Å². The highest BCUT2D eigenvalue weighted by atomic mass is 16.5. The molecule has 2 unspecified atom stereocenters. The molecule has 1 fully saturated rings. The lowest BCUT2D eigenvalue weighted by atomic mass is 10.0. The Morgan fingerprint density at radius 3 is 3.00 bits per heavy atom. The second-order valence-corrected chi connectivity index (χ2v) is 4.28. The number of carbonyl (C=O) groups excluding carboxylic acids is 1. The smallest absolute Gasteiger partial charge is 0.217 e. The average Bonchev–Trinajstić information content (AvgIpc) is 2.17. The number of unbranched alkanes of at least 4 members (excludes halogenated alkanes) is 1. The van der Waals surface area contributed by atoms with Crippen molar-refractivity contribution in [2.24, 2.45) is 5.73 Å². The molecule has 0 aromatic heterocycles. The van der Waals surface area contributed by atoms with Crippen LogP contribution < -0.4 is 11.1 Å². The number of hydrogen-bond acceptors (Lipinski definition) is 3. The van der Waals surface area contributed by atoms with Crippen LogP contribution in [0.15, 0.2) is 0 Å². The van der Waals surface area contributed by atoms with Gasteiger partial charge in [-0.15, -0.1) is 0 Å². The van der Waals surface area contributed by atoms with E-state index in [0.717, 1.165) is 38.8 Å². The molecule has 0 aromatic carbocycles. The number of nitrogens with two attached hydrogens (primary N) is 1. The van der Waals surface area contributed by atoms with Gasteiger partial charge in [-0.2, -0.15) is 0 Å². The standard InChI is InChI=1S/C11H22N2O2/c1-9-8-10(5-7-15-9)13-6-3-2-4-11(12)14/h9-10,13H,2-8H2,1H3,(H2,12,14). The molecule has 1 amide bonds. The van der Waals surface area contributed by atoms with Crippen LogP contribution in [-0.4, -0.2) is 31.2 Å². The third kappa shape index (κ3) is 5.74. The van der Waals surface area contributed by atoms with Crippen molar-refractivity contribution in [3.63, 3.8) is 0 Å². The summed E-state index contributed by atoms with van der Waals surface area (Å²) in [7, 11) is 0. The van der Waals surface area contributed by atoms with Crippen molar-refractivity contribution in [2.75, 3.05) is 13.2 Å². The maximum Gasteiger partial charge on any atom is 0.217 e. The summed E-state index contributed by atoms with van der Waals surface area (Å²) in [6.45, 7) is 3.95. The molecule has 0 saturated carbocycles. The monoisotopic (exact) mass is 214 g/mol. The van der Waals surface area contributed by atoms with Crippen molar-refractivity contribution >= 4 is 5.91 Å². The number of carbonyl (C=O) groups is 1. The van der Waals surface area contributed by atoms with E-state index < -0.39 is 0 Å². The van der Waals surface area contributed by atoms with Gasteiger partial charge in [0.05, 0.1) is 6.10 Å². The highest BCUT2D eigenvalue weighted by Crippen LogP contribution is 2.12. The maximum atomic E-state index is 10.5. The third-order valence-corrected chi connectivity index (χ3v) is 2.77. The molecule has 1 rings (SSSR count). The minimum absolute atomic E-state index is 0.199. The molecule has 1 aliphatic rings. The summed E-state index contributed by atoms with van der Waals surface area (Å²) < 4.78 is 5.47. The molecule has 4 heteroatoms. The minimum Gasteiger partial charge on any atom is -0.378 e. The van der Waals surface area contributed by atoms with Crippen LogP contribution >= 0.6 is 0 Å². The molecule has 2 atom stereocenters. The number of amides is 1. The molecule has 88 valence electrons. The highest BCUT2D eigenvalue weighted by molar-refractivity contribution is 5.73. The Kier molecular flexibility index (Phi) is 5.65. The first kappa shape index (κ1) is 12.5. The van der Waals surface area contributed by atoms with Crippen LogP contribution in [0.2, 0.25) is 0 Å². The van der Waals surface area contributed by atoms with Crippen LogP contribution in [0, 0.1) is 0 Å². The van der Waals surface area contributed by atoms with Gasteiger partial charge in [-0.25, -0.2) is 0 Å². The zero-order valence-electron chi connectivity index (χ0n) is 9.50. The summed E-state index contributed by atoms with van der Waals surface area (Å²) in [5, 5.41) is 3.49. The lowest BCUT2D eigenvalue weighted by molar-refractivity contribution is -0.118. The van der Waals surface area contributed by atoms with Crippen molar-refractivity contribution in [3.05, 3.63) is 0 Å². The predicted octanol–water partition coefficient (Wildman–Crippen LogP) is 0.799. The minimum atomic E-state index is -0.199. The summed E-state index contributed by atoms with van der Waals surface area (Å²) >= 11 is 0. The molecule has 0 aliphatic carbocycles. The van der Waals surface area contributed by atoms with Gasteiger partial charge < -0.3 is 15.8 Å². The number of rotatable bonds is 6. The van der Waals surface area contributed by atoms with Gasteiger partial charge in [0.15, 0.2) is 0 Å². The predicted molar refractivity (Wildman–Crippen MR) is 59.5 cm³/mol. The summed E-state index contributed by atoms with van der Waals surface area (Å²) in [6.07, 6.45) is 4.99. The number of primary amides is 1. The largest absolute Gasteiger partial charge is 0.378 e. The zero-order chi connectivity index (χ0) is 11.1. The van der Waals surface area contributed by atoms with E-state index in [1.54, 1.807) is 0 Å². The van der Waals surface area contributed by atoms with E-state index in [0.29, 0.717) is 18.6 Å². The number of ether oxygens (including phenoxy) is 1. The van der Waals surface area contributed by atoms with Gasteiger partial charge in [0, 0.05) is 19.1 Å². The summed E-state index contributed by atoms with van der Waals surface area (Å²) in [5.74, 6) is -0.199. The quantitative estimate of drug-likeness (QED) is 0.643. The Morgan fingerprint density at radius 2 is 2.33 bits per heavy atom. The fourth-order valence-corrected chi connectivity index (χ4v) is 1.91. The highest BCUT2D eigenvalue weighted by Gasteiger charge is 2.17. The third-order valence-electron chi connectivity index (χ3n) is 2.77. The van der Waals surface area contributed by atoms with E-state index in [-0.39, 0.29) is 5.91 Å². The molecule has 1 aliphatic heterocycles. The van der Waals surface area contributed by atoms with Gasteiger partial charge in [-0.1, -0.05) is 0 Å². The molecular weight excluding hydrogens is 192 g/mol. The molecule has 3 N–H and O–H groups in total. The Hall–Kier alpha value is -0.610. The van der Waals surface area contributed by atoms with E-state index in [2.05, 4.69) is 12.2 Å². The first-order valence-corrected chi connectivity index (χ1v) is 5.82. The molecule has 0 aromatic rings. The van der Waals surface area contributed by atoms with Crippen molar-refractivity contribution < 1.29 is 9.53 Å². The Balaban J connectivity index is 1.97. The molecule has 4 nitrogen and oxygen atoms in total. The van der Waals surface area contributed by atoms with Crippen LogP contribution in [0.3, 0.4) is 0 Å². The first-order valence-electron chi connectivity index (χ1n) is 5.82. The maximum absolute atomic E-state index is 10.5. The van der Waals surface area contributed by atoms with Crippen LogP contribution in [0.5, 0.6) is 0 Å². The lowest BCUT2D eigenvalue weighted by Crippen LogP contribution is -2.38. The van der Waals surface area contributed by atoms with Crippen LogP contribution in [-0.2, 0) is 9.53 Å². The van der Waals surface area contributed by atoms with Gasteiger partial charge in [0.25, 0.3) is 0 Å². The number of hydrogen-bond donors (Lipinski definition) is 2. The van der Waals surface area contributed by atoms with Gasteiger partial charge in [-0.3, -0.25) is 4.79 Å². The van der Waals surface area contributed by atoms with Crippen molar-refractivity contribution in [1.82, 2.24) is 5.32 Å². The number of nitrogens with one attached hydrogen (secondary N) is 1. The molecule has 0 bridgehead atoms. The fraction of sp³-hybridized carbons (Fsp3) is 0.909. The Bertz CT molecular complexity index is 197. The summed E-state index contributed by atoms with van der Waals surface area (Å²) in [5.41, 5.74) is 5.06. The molecule has 0 spiro atoms. The van der Waals surface area contributed by atoms with E-state index in [1.165, 1.54) is 0 Å². The zero-order valence-corrected chi connectivity index (χ0v) is 9.50. The second kappa shape index (κ2) is 6.80. The molecule has 1 saturated heterocycles. The topological polar surface area (TPSA) is 64.3 Å². The van der Waals surface area contributed by atoms with Crippen molar-refractivity contribution in [2.45, 2.75) is 51.2 Å². The normalized spacial score (nSPS) is 26.5. The lowest BCUT2D eigenvalue weighted by Gasteiger charge is -2.28. The van der Waals surface area contributed by atoms with Crippen molar-refractivity contribution in [1.29, 1.82) is 0 Å². The fourth-order valence-electron chi connectivity index (χ4n) is 1.91. The van der Waals surface area contributed by atoms with Crippen LogP contribution in [0.1, 0.15) is 39.0 Å². The summed E-state index contributed by atoms with van der Waals surface area (Å²) in [4.78, 5) is 10.5. The van der Waals surface area contributed by atoms with E-state index in [9.17, 15) is 4.79 Å². The van der Waals surface area contributed by atoms with E-state index in [4.69, 9.17) is 10.5 Å². The molecule has 15 heavy (non-hydrogen) atoms. The second-order valence-electron chi connectivity index (χ2n) is 4.28.